The van der Waals surface area contributed by atoms with Crippen molar-refractivity contribution in [2.24, 2.45) is 10.4 Å². The number of nitrogens with zero attached hydrogens (tertiary/aromatic N) is 2. The van der Waals surface area contributed by atoms with Crippen LogP contribution in [-0.4, -0.2) is 37.3 Å². The van der Waals surface area contributed by atoms with Crippen LogP contribution >= 0.6 is 0 Å². The van der Waals surface area contributed by atoms with Crippen LogP contribution in [0, 0.1) is 5.41 Å². The van der Waals surface area contributed by atoms with Gasteiger partial charge in [0.05, 0.1) is 6.04 Å². The molecule has 2 heteroatoms. The van der Waals surface area contributed by atoms with Gasteiger partial charge in [-0.1, -0.05) is 13.8 Å². The maximum absolute atomic E-state index is 4.46. The minimum Gasteiger partial charge on any atom is -0.301 e. The van der Waals surface area contributed by atoms with Gasteiger partial charge in [0.2, 0.25) is 0 Å². The van der Waals surface area contributed by atoms with E-state index in [1.165, 1.54) is 0 Å². The largest absolute Gasteiger partial charge is 0.301 e. The highest BCUT2D eigenvalue weighted by Crippen LogP contribution is 2.25. The maximum atomic E-state index is 4.46. The van der Waals surface area contributed by atoms with Gasteiger partial charge >= 0.3 is 0 Å². The number of hydrogen-bond donors (Lipinski definition) is 0. The van der Waals surface area contributed by atoms with Crippen LogP contribution in [0.4, 0.5) is 0 Å². The first-order chi connectivity index (χ1) is 5.02. The molecule has 64 valence electrons. The second-order valence-corrected chi connectivity index (χ2v) is 4.19. The zero-order valence-electron chi connectivity index (χ0n) is 7.96. The summed E-state index contributed by atoms with van der Waals surface area (Å²) >= 11 is 0. The molecule has 1 aliphatic heterocycles. The predicted octanol–water partition coefficient (Wildman–Crippen LogP) is 1.42. The standard InChI is InChI=1S/C9H18N2/c1-8-9(2,3)7-11(4)6-5-10-8/h5,8H,6-7H2,1-4H3. The average molecular weight is 154 g/mol. The fourth-order valence-corrected chi connectivity index (χ4v) is 1.44. The van der Waals surface area contributed by atoms with Gasteiger partial charge in [-0.3, -0.25) is 4.99 Å². The number of aliphatic imine (C=N–C) groups is 1. The Labute approximate surface area is 69.3 Å². The summed E-state index contributed by atoms with van der Waals surface area (Å²) in [6, 6.07) is 0.451. The van der Waals surface area contributed by atoms with Crippen molar-refractivity contribution in [1.82, 2.24) is 4.90 Å². The summed E-state index contributed by atoms with van der Waals surface area (Å²) in [7, 11) is 2.14. The lowest BCUT2D eigenvalue weighted by Crippen LogP contribution is -2.35. The van der Waals surface area contributed by atoms with Crippen LogP contribution in [0.5, 0.6) is 0 Å². The molecule has 0 aromatic rings. The lowest BCUT2D eigenvalue weighted by molar-refractivity contribution is 0.210. The average Bonchev–Trinajstić information content (AvgIpc) is 1.93. The van der Waals surface area contributed by atoms with Crippen LogP contribution < -0.4 is 0 Å². The minimum absolute atomic E-state index is 0.321. The molecule has 0 saturated carbocycles. The quantitative estimate of drug-likeness (QED) is 0.515. The molecule has 1 atom stereocenters. The molecule has 0 aliphatic carbocycles. The van der Waals surface area contributed by atoms with Crippen molar-refractivity contribution < 1.29 is 0 Å². The van der Waals surface area contributed by atoms with E-state index in [1.54, 1.807) is 0 Å². The molecule has 0 fully saturated rings. The Morgan fingerprint density at radius 2 is 2.18 bits per heavy atom. The fraction of sp³-hybridized carbons (Fsp3) is 0.889. The van der Waals surface area contributed by atoms with Crippen molar-refractivity contribution >= 4 is 6.21 Å². The summed E-state index contributed by atoms with van der Waals surface area (Å²) in [5.41, 5.74) is 0.321. The molecular weight excluding hydrogens is 136 g/mol. The molecule has 0 saturated heterocycles. The third-order valence-corrected chi connectivity index (χ3v) is 2.53. The summed E-state index contributed by atoms with van der Waals surface area (Å²) in [5.74, 6) is 0. The normalized spacial score (nSPS) is 31.8. The maximum Gasteiger partial charge on any atom is 0.0531 e. The topological polar surface area (TPSA) is 15.6 Å². The summed E-state index contributed by atoms with van der Waals surface area (Å²) in [6.07, 6.45) is 2.03. The third-order valence-electron chi connectivity index (χ3n) is 2.53. The van der Waals surface area contributed by atoms with Crippen LogP contribution in [0.3, 0.4) is 0 Å². The van der Waals surface area contributed by atoms with Crippen molar-refractivity contribution in [3.05, 3.63) is 0 Å². The van der Waals surface area contributed by atoms with Gasteiger partial charge in [0.1, 0.15) is 0 Å². The molecule has 2 nitrogen and oxygen atoms in total. The number of hydrogen-bond acceptors (Lipinski definition) is 2. The smallest absolute Gasteiger partial charge is 0.0531 e. The van der Waals surface area contributed by atoms with Crippen molar-refractivity contribution in [2.75, 3.05) is 20.1 Å². The third kappa shape index (κ3) is 2.03. The molecule has 0 bridgehead atoms. The van der Waals surface area contributed by atoms with E-state index >= 15 is 0 Å². The van der Waals surface area contributed by atoms with E-state index in [0.29, 0.717) is 11.5 Å². The van der Waals surface area contributed by atoms with Gasteiger partial charge in [0, 0.05) is 19.3 Å². The van der Waals surface area contributed by atoms with Gasteiger partial charge in [-0.2, -0.15) is 0 Å². The molecule has 11 heavy (non-hydrogen) atoms. The Kier molecular flexibility index (Phi) is 2.33. The predicted molar refractivity (Wildman–Crippen MR) is 49.2 cm³/mol. The highest BCUT2D eigenvalue weighted by Gasteiger charge is 2.27. The Morgan fingerprint density at radius 1 is 1.55 bits per heavy atom. The minimum atomic E-state index is 0.321. The van der Waals surface area contributed by atoms with E-state index in [0.717, 1.165) is 13.1 Å². The van der Waals surface area contributed by atoms with Gasteiger partial charge < -0.3 is 4.90 Å². The molecule has 1 heterocycles. The van der Waals surface area contributed by atoms with Crippen molar-refractivity contribution in [3.8, 4) is 0 Å². The SMILES string of the molecule is CC1N=CCN(C)CC1(C)C. The van der Waals surface area contributed by atoms with E-state index < -0.39 is 0 Å². The van der Waals surface area contributed by atoms with Crippen LogP contribution in [0.15, 0.2) is 4.99 Å². The van der Waals surface area contributed by atoms with E-state index in [9.17, 15) is 0 Å². The summed E-state index contributed by atoms with van der Waals surface area (Å²) in [6.45, 7) is 8.87. The van der Waals surface area contributed by atoms with Crippen LogP contribution in [0.25, 0.3) is 0 Å². The van der Waals surface area contributed by atoms with Gasteiger partial charge in [0.25, 0.3) is 0 Å². The van der Waals surface area contributed by atoms with E-state index in [1.807, 2.05) is 6.21 Å². The molecule has 0 aromatic heterocycles. The Morgan fingerprint density at radius 3 is 2.82 bits per heavy atom. The lowest BCUT2D eigenvalue weighted by Gasteiger charge is -2.30. The molecule has 1 unspecified atom stereocenters. The van der Waals surface area contributed by atoms with Gasteiger partial charge in [0.15, 0.2) is 0 Å². The van der Waals surface area contributed by atoms with Gasteiger partial charge in [-0.25, -0.2) is 0 Å². The molecule has 0 radical (unpaired) electrons. The molecule has 0 amide bonds. The second kappa shape index (κ2) is 2.94. The van der Waals surface area contributed by atoms with E-state index in [2.05, 4.69) is 37.7 Å². The molecule has 1 rings (SSSR count). The highest BCUT2D eigenvalue weighted by atomic mass is 15.1. The molecule has 0 spiro atoms. The van der Waals surface area contributed by atoms with Crippen LogP contribution in [-0.2, 0) is 0 Å². The monoisotopic (exact) mass is 154 g/mol. The Bertz CT molecular complexity index is 161. The molecule has 1 aliphatic rings. The van der Waals surface area contributed by atoms with E-state index in [4.69, 9.17) is 0 Å². The first kappa shape index (κ1) is 8.72. The first-order valence-electron chi connectivity index (χ1n) is 4.22. The van der Waals surface area contributed by atoms with Crippen molar-refractivity contribution in [2.45, 2.75) is 26.8 Å². The van der Waals surface area contributed by atoms with Crippen LogP contribution in [0.2, 0.25) is 0 Å². The van der Waals surface area contributed by atoms with Crippen LogP contribution in [0.1, 0.15) is 20.8 Å². The molecule has 0 aromatic carbocycles. The zero-order valence-corrected chi connectivity index (χ0v) is 7.96. The lowest BCUT2D eigenvalue weighted by atomic mass is 9.85. The first-order valence-corrected chi connectivity index (χ1v) is 4.22. The van der Waals surface area contributed by atoms with Gasteiger partial charge in [-0.15, -0.1) is 0 Å². The Hall–Kier alpha value is -0.370. The Balaban J connectivity index is 2.71. The second-order valence-electron chi connectivity index (χ2n) is 4.19. The summed E-state index contributed by atoms with van der Waals surface area (Å²) < 4.78 is 0. The van der Waals surface area contributed by atoms with Crippen molar-refractivity contribution in [3.63, 3.8) is 0 Å². The van der Waals surface area contributed by atoms with Gasteiger partial charge in [-0.05, 0) is 19.4 Å². The molecule has 0 N–H and O–H groups in total. The summed E-state index contributed by atoms with van der Waals surface area (Å²) in [5, 5.41) is 0. The van der Waals surface area contributed by atoms with Crippen molar-refractivity contribution in [1.29, 1.82) is 0 Å². The fourth-order valence-electron chi connectivity index (χ4n) is 1.44. The summed E-state index contributed by atoms with van der Waals surface area (Å²) in [4.78, 5) is 6.77. The zero-order chi connectivity index (χ0) is 8.48. The highest BCUT2D eigenvalue weighted by molar-refractivity contribution is 5.60. The molecular formula is C9H18N2. The van der Waals surface area contributed by atoms with E-state index in [-0.39, 0.29) is 0 Å². The number of rotatable bonds is 0.